The summed E-state index contributed by atoms with van der Waals surface area (Å²) in [4.78, 5) is 4.37. The Morgan fingerprint density at radius 1 is 1.64 bits per heavy atom. The first kappa shape index (κ1) is 9.71. The lowest BCUT2D eigenvalue weighted by Gasteiger charge is -2.16. The van der Waals surface area contributed by atoms with Crippen LogP contribution < -0.4 is 5.32 Å². The molecule has 0 aliphatic heterocycles. The third-order valence-corrected chi connectivity index (χ3v) is 2.98. The van der Waals surface area contributed by atoms with E-state index in [2.05, 4.69) is 28.8 Å². The van der Waals surface area contributed by atoms with Crippen LogP contribution in [0.2, 0.25) is 0 Å². The minimum atomic E-state index is 0.640. The van der Waals surface area contributed by atoms with Gasteiger partial charge in [0.05, 0.1) is 0 Å². The molecular formula is C11H19N3. The summed E-state index contributed by atoms with van der Waals surface area (Å²) in [5.41, 5.74) is 0. The summed E-state index contributed by atoms with van der Waals surface area (Å²) >= 11 is 0. The fourth-order valence-corrected chi connectivity index (χ4v) is 1.96. The molecule has 1 atom stereocenters. The smallest absolute Gasteiger partial charge is 0.109 e. The van der Waals surface area contributed by atoms with Crippen LogP contribution in [0.3, 0.4) is 0 Å². The van der Waals surface area contributed by atoms with Crippen LogP contribution in [0.1, 0.15) is 25.6 Å². The van der Waals surface area contributed by atoms with Gasteiger partial charge in [-0.2, -0.15) is 0 Å². The fourth-order valence-electron chi connectivity index (χ4n) is 1.96. The van der Waals surface area contributed by atoms with Crippen LogP contribution in [0.4, 0.5) is 0 Å². The van der Waals surface area contributed by atoms with Gasteiger partial charge < -0.3 is 9.88 Å². The molecule has 3 nitrogen and oxygen atoms in total. The molecule has 0 spiro atoms. The molecule has 0 aromatic carbocycles. The lowest BCUT2D eigenvalue weighted by atomic mass is 10.1. The minimum absolute atomic E-state index is 0.640. The summed E-state index contributed by atoms with van der Waals surface area (Å²) in [5.74, 6) is 2.09. The van der Waals surface area contributed by atoms with Crippen LogP contribution >= 0.6 is 0 Å². The van der Waals surface area contributed by atoms with Crippen LogP contribution in [0.15, 0.2) is 12.4 Å². The summed E-state index contributed by atoms with van der Waals surface area (Å²) in [6.45, 7) is 3.24. The van der Waals surface area contributed by atoms with Crippen molar-refractivity contribution in [3.8, 4) is 0 Å². The second kappa shape index (κ2) is 4.13. The molecule has 0 bridgehead atoms. The number of imidazole rings is 1. The van der Waals surface area contributed by atoms with E-state index in [4.69, 9.17) is 0 Å². The average molecular weight is 193 g/mol. The van der Waals surface area contributed by atoms with E-state index in [1.165, 1.54) is 18.7 Å². The molecule has 0 radical (unpaired) electrons. The summed E-state index contributed by atoms with van der Waals surface area (Å²) in [7, 11) is 2.07. The standard InChI is InChI=1S/C11H19N3/c1-3-12-10(9-4-5-9)8-11-13-6-7-14(11)2/h6-7,9-10,12H,3-5,8H2,1-2H3. The SMILES string of the molecule is CCNC(Cc1nccn1C)C1CC1. The Kier molecular flexibility index (Phi) is 2.87. The van der Waals surface area contributed by atoms with Crippen molar-refractivity contribution in [2.24, 2.45) is 13.0 Å². The lowest BCUT2D eigenvalue weighted by molar-refractivity contribution is 0.459. The Morgan fingerprint density at radius 3 is 2.93 bits per heavy atom. The minimum Gasteiger partial charge on any atom is -0.338 e. The fraction of sp³-hybridized carbons (Fsp3) is 0.727. The number of likely N-dealkylation sites (N-methyl/N-ethyl adjacent to an activating group) is 1. The molecule has 1 aromatic heterocycles. The first-order valence-corrected chi connectivity index (χ1v) is 5.51. The monoisotopic (exact) mass is 193 g/mol. The second-order valence-electron chi connectivity index (χ2n) is 4.16. The highest BCUT2D eigenvalue weighted by molar-refractivity contribution is 4.98. The predicted molar refractivity (Wildman–Crippen MR) is 57.1 cm³/mol. The summed E-state index contributed by atoms with van der Waals surface area (Å²) in [6.07, 6.45) is 7.75. The molecule has 0 saturated heterocycles. The van der Waals surface area contributed by atoms with Crippen molar-refractivity contribution >= 4 is 0 Å². The van der Waals surface area contributed by atoms with E-state index in [0.717, 1.165) is 18.9 Å². The molecule has 0 amide bonds. The number of aromatic nitrogens is 2. The van der Waals surface area contributed by atoms with Gasteiger partial charge in [-0.25, -0.2) is 4.98 Å². The van der Waals surface area contributed by atoms with Gasteiger partial charge in [0, 0.05) is 31.9 Å². The van der Waals surface area contributed by atoms with Gasteiger partial charge in [-0.3, -0.25) is 0 Å². The van der Waals surface area contributed by atoms with Gasteiger partial charge in [0.15, 0.2) is 0 Å². The molecule has 2 rings (SSSR count). The van der Waals surface area contributed by atoms with E-state index in [1.807, 2.05) is 12.4 Å². The number of nitrogens with zero attached hydrogens (tertiary/aromatic N) is 2. The largest absolute Gasteiger partial charge is 0.338 e. The van der Waals surface area contributed by atoms with Gasteiger partial charge in [-0.05, 0) is 25.3 Å². The number of hydrogen-bond acceptors (Lipinski definition) is 2. The van der Waals surface area contributed by atoms with E-state index >= 15 is 0 Å². The van der Waals surface area contributed by atoms with Crippen molar-refractivity contribution in [1.82, 2.24) is 14.9 Å². The van der Waals surface area contributed by atoms with Gasteiger partial charge in [-0.1, -0.05) is 6.92 Å². The molecule has 1 aromatic rings. The zero-order valence-electron chi connectivity index (χ0n) is 9.03. The highest BCUT2D eigenvalue weighted by Gasteiger charge is 2.31. The van der Waals surface area contributed by atoms with Crippen LogP contribution in [0, 0.1) is 5.92 Å². The molecule has 1 aliphatic rings. The lowest BCUT2D eigenvalue weighted by Crippen LogP contribution is -2.33. The van der Waals surface area contributed by atoms with E-state index in [0.29, 0.717) is 6.04 Å². The summed E-state index contributed by atoms with van der Waals surface area (Å²) < 4.78 is 2.12. The number of hydrogen-bond donors (Lipinski definition) is 1. The van der Waals surface area contributed by atoms with E-state index in [9.17, 15) is 0 Å². The van der Waals surface area contributed by atoms with Gasteiger partial charge in [0.1, 0.15) is 5.82 Å². The maximum absolute atomic E-state index is 4.37. The molecule has 78 valence electrons. The highest BCUT2D eigenvalue weighted by Crippen LogP contribution is 2.33. The Labute approximate surface area is 85.5 Å². The quantitative estimate of drug-likeness (QED) is 0.765. The highest BCUT2D eigenvalue weighted by atomic mass is 15.0. The molecule has 14 heavy (non-hydrogen) atoms. The Bertz CT molecular complexity index is 288. The maximum Gasteiger partial charge on any atom is 0.109 e. The van der Waals surface area contributed by atoms with E-state index in [1.54, 1.807) is 0 Å². The molecular weight excluding hydrogens is 174 g/mol. The second-order valence-corrected chi connectivity index (χ2v) is 4.16. The summed E-state index contributed by atoms with van der Waals surface area (Å²) in [6, 6.07) is 0.640. The first-order chi connectivity index (χ1) is 6.81. The zero-order valence-corrected chi connectivity index (χ0v) is 9.03. The number of rotatable bonds is 5. The van der Waals surface area contributed by atoms with Gasteiger partial charge in [-0.15, -0.1) is 0 Å². The molecule has 1 fully saturated rings. The Balaban J connectivity index is 1.96. The topological polar surface area (TPSA) is 29.9 Å². The normalized spacial score (nSPS) is 18.4. The van der Waals surface area contributed by atoms with Gasteiger partial charge >= 0.3 is 0 Å². The Morgan fingerprint density at radius 2 is 2.43 bits per heavy atom. The summed E-state index contributed by atoms with van der Waals surface area (Å²) in [5, 5.41) is 3.56. The van der Waals surface area contributed by atoms with Crippen molar-refractivity contribution in [3.63, 3.8) is 0 Å². The molecule has 1 unspecified atom stereocenters. The molecule has 3 heteroatoms. The molecule has 1 heterocycles. The van der Waals surface area contributed by atoms with E-state index in [-0.39, 0.29) is 0 Å². The number of aryl methyl sites for hydroxylation is 1. The predicted octanol–water partition coefficient (Wildman–Crippen LogP) is 1.35. The first-order valence-electron chi connectivity index (χ1n) is 5.51. The third-order valence-electron chi connectivity index (χ3n) is 2.98. The van der Waals surface area contributed by atoms with Crippen LogP contribution in [-0.4, -0.2) is 22.1 Å². The van der Waals surface area contributed by atoms with Gasteiger partial charge in [0.25, 0.3) is 0 Å². The van der Waals surface area contributed by atoms with Crippen molar-refractivity contribution in [2.75, 3.05) is 6.54 Å². The maximum atomic E-state index is 4.37. The zero-order chi connectivity index (χ0) is 9.97. The van der Waals surface area contributed by atoms with Gasteiger partial charge in [0.2, 0.25) is 0 Å². The molecule has 1 saturated carbocycles. The Hall–Kier alpha value is -0.830. The third kappa shape index (κ3) is 2.15. The van der Waals surface area contributed by atoms with E-state index < -0.39 is 0 Å². The van der Waals surface area contributed by atoms with Crippen molar-refractivity contribution < 1.29 is 0 Å². The van der Waals surface area contributed by atoms with Crippen LogP contribution in [0.5, 0.6) is 0 Å². The average Bonchev–Trinajstić information content (AvgIpc) is 2.93. The molecule has 1 N–H and O–H groups in total. The van der Waals surface area contributed by atoms with Crippen molar-refractivity contribution in [1.29, 1.82) is 0 Å². The number of nitrogens with one attached hydrogen (secondary N) is 1. The molecule has 1 aliphatic carbocycles. The van der Waals surface area contributed by atoms with Crippen LogP contribution in [0.25, 0.3) is 0 Å². The van der Waals surface area contributed by atoms with Crippen molar-refractivity contribution in [3.05, 3.63) is 18.2 Å². The van der Waals surface area contributed by atoms with Crippen LogP contribution in [-0.2, 0) is 13.5 Å². The van der Waals surface area contributed by atoms with Crippen molar-refractivity contribution in [2.45, 2.75) is 32.2 Å².